The van der Waals surface area contributed by atoms with Gasteiger partial charge in [-0.1, -0.05) is 48.5 Å². The minimum absolute atomic E-state index is 0.0475. The van der Waals surface area contributed by atoms with Crippen molar-refractivity contribution in [1.82, 2.24) is 14.9 Å². The van der Waals surface area contributed by atoms with E-state index in [-0.39, 0.29) is 18.0 Å². The minimum atomic E-state index is -0.210. The Bertz CT molecular complexity index is 1310. The topological polar surface area (TPSA) is 64.0 Å². The van der Waals surface area contributed by atoms with Crippen molar-refractivity contribution in [3.8, 4) is 11.1 Å². The number of amides is 1. The van der Waals surface area contributed by atoms with Gasteiger partial charge in [0, 0.05) is 17.5 Å². The number of nitrogens with one attached hydrogen (secondary N) is 1. The summed E-state index contributed by atoms with van der Waals surface area (Å²) < 4.78 is 1.40. The SMILES string of the molecule is O=C(Cn1cnc2scc(-c3ccc4c(c3)CCCC4)c2c1=O)NCc1ccccc1. The van der Waals surface area contributed by atoms with E-state index in [9.17, 15) is 9.59 Å². The van der Waals surface area contributed by atoms with Crippen molar-refractivity contribution < 1.29 is 4.79 Å². The smallest absolute Gasteiger partial charge is 0.263 e. The first-order chi connectivity index (χ1) is 15.2. The van der Waals surface area contributed by atoms with Crippen molar-refractivity contribution in [1.29, 1.82) is 0 Å². The number of thiophene rings is 1. The van der Waals surface area contributed by atoms with Crippen LogP contribution < -0.4 is 10.9 Å². The number of fused-ring (bicyclic) bond motifs is 2. The van der Waals surface area contributed by atoms with E-state index in [0.717, 1.165) is 29.5 Å². The van der Waals surface area contributed by atoms with Gasteiger partial charge in [-0.2, -0.15) is 0 Å². The van der Waals surface area contributed by atoms with Gasteiger partial charge in [0.1, 0.15) is 11.4 Å². The van der Waals surface area contributed by atoms with Crippen LogP contribution in [0.5, 0.6) is 0 Å². The zero-order chi connectivity index (χ0) is 21.2. The molecule has 0 bridgehead atoms. The molecule has 0 fully saturated rings. The number of aromatic nitrogens is 2. The number of hydrogen-bond acceptors (Lipinski definition) is 4. The van der Waals surface area contributed by atoms with E-state index in [2.05, 4.69) is 28.5 Å². The van der Waals surface area contributed by atoms with E-state index in [1.165, 1.54) is 46.2 Å². The molecule has 156 valence electrons. The van der Waals surface area contributed by atoms with E-state index in [4.69, 9.17) is 0 Å². The van der Waals surface area contributed by atoms with E-state index >= 15 is 0 Å². The molecule has 0 atom stereocenters. The monoisotopic (exact) mass is 429 g/mol. The summed E-state index contributed by atoms with van der Waals surface area (Å²) in [5, 5.41) is 5.47. The Balaban J connectivity index is 1.42. The Kier molecular flexibility index (Phi) is 5.38. The van der Waals surface area contributed by atoms with Gasteiger partial charge < -0.3 is 5.32 Å². The maximum Gasteiger partial charge on any atom is 0.263 e. The lowest BCUT2D eigenvalue weighted by Gasteiger charge is -2.16. The van der Waals surface area contributed by atoms with Crippen molar-refractivity contribution in [3.05, 3.63) is 87.3 Å². The highest BCUT2D eigenvalue weighted by Gasteiger charge is 2.17. The van der Waals surface area contributed by atoms with Crippen LogP contribution in [0.3, 0.4) is 0 Å². The first-order valence-corrected chi connectivity index (χ1v) is 11.5. The molecule has 1 aliphatic rings. The lowest BCUT2D eigenvalue weighted by atomic mass is 9.89. The highest BCUT2D eigenvalue weighted by molar-refractivity contribution is 7.17. The van der Waals surface area contributed by atoms with Crippen molar-refractivity contribution in [2.24, 2.45) is 0 Å². The summed E-state index contributed by atoms with van der Waals surface area (Å²) in [5.41, 5.74) is 5.60. The third kappa shape index (κ3) is 4.03. The molecule has 0 saturated heterocycles. The lowest BCUT2D eigenvalue weighted by molar-refractivity contribution is -0.121. The third-order valence-corrected chi connectivity index (χ3v) is 6.75. The molecule has 2 heterocycles. The first-order valence-electron chi connectivity index (χ1n) is 10.6. The number of carbonyl (C=O) groups is 1. The maximum atomic E-state index is 13.2. The van der Waals surface area contributed by atoms with Gasteiger partial charge in [-0.3, -0.25) is 14.2 Å². The van der Waals surface area contributed by atoms with Crippen LogP contribution in [-0.4, -0.2) is 15.5 Å². The Hall–Kier alpha value is -3.25. The normalized spacial score (nSPS) is 13.2. The summed E-state index contributed by atoms with van der Waals surface area (Å²) in [4.78, 5) is 30.8. The minimum Gasteiger partial charge on any atom is -0.350 e. The van der Waals surface area contributed by atoms with Gasteiger partial charge in [0.25, 0.3) is 5.56 Å². The predicted octanol–water partition coefficient (Wildman–Crippen LogP) is 4.32. The van der Waals surface area contributed by atoms with Crippen LogP contribution in [0.2, 0.25) is 0 Å². The molecule has 0 aliphatic heterocycles. The van der Waals surface area contributed by atoms with Gasteiger partial charge in [-0.25, -0.2) is 4.98 Å². The predicted molar refractivity (Wildman–Crippen MR) is 124 cm³/mol. The van der Waals surface area contributed by atoms with Crippen LogP contribution >= 0.6 is 11.3 Å². The molecule has 31 heavy (non-hydrogen) atoms. The molecule has 1 N–H and O–H groups in total. The second-order valence-electron chi connectivity index (χ2n) is 7.96. The number of nitrogens with zero attached hydrogens (tertiary/aromatic N) is 2. The number of hydrogen-bond donors (Lipinski definition) is 1. The Morgan fingerprint density at radius 2 is 1.87 bits per heavy atom. The molecule has 0 radical (unpaired) electrons. The molecule has 0 saturated carbocycles. The number of rotatable bonds is 5. The standard InChI is InChI=1S/C25H23N3O2S/c29-22(26-13-17-6-2-1-3-7-17)14-28-16-27-24-23(25(28)30)21(15-31-24)20-11-10-18-8-4-5-9-19(18)12-20/h1-3,6-7,10-12,15-16H,4-5,8-9,13-14H2,(H,26,29). The van der Waals surface area contributed by atoms with E-state index in [0.29, 0.717) is 16.8 Å². The number of benzene rings is 2. The maximum absolute atomic E-state index is 13.2. The molecule has 5 nitrogen and oxygen atoms in total. The highest BCUT2D eigenvalue weighted by Crippen LogP contribution is 2.33. The molecule has 2 aromatic carbocycles. The summed E-state index contributed by atoms with van der Waals surface area (Å²) in [5.74, 6) is -0.210. The van der Waals surface area contributed by atoms with E-state index in [1.807, 2.05) is 35.7 Å². The highest BCUT2D eigenvalue weighted by atomic mass is 32.1. The van der Waals surface area contributed by atoms with Gasteiger partial charge in [-0.05, 0) is 47.9 Å². The van der Waals surface area contributed by atoms with Crippen LogP contribution in [-0.2, 0) is 30.7 Å². The molecule has 4 aromatic rings. The first kappa shape index (κ1) is 19.7. The molecule has 1 aliphatic carbocycles. The summed E-state index contributed by atoms with van der Waals surface area (Å²) in [6, 6.07) is 16.2. The van der Waals surface area contributed by atoms with Crippen LogP contribution in [0.4, 0.5) is 0 Å². The summed E-state index contributed by atoms with van der Waals surface area (Å²) in [6.07, 6.45) is 6.16. The molecule has 0 spiro atoms. The van der Waals surface area contributed by atoms with Crippen LogP contribution in [0.15, 0.2) is 65.0 Å². The third-order valence-electron chi connectivity index (χ3n) is 5.87. The number of carbonyl (C=O) groups excluding carboxylic acids is 1. The van der Waals surface area contributed by atoms with Crippen molar-refractivity contribution >= 4 is 27.5 Å². The average Bonchev–Trinajstić information content (AvgIpc) is 3.25. The Labute approximate surface area is 184 Å². The lowest BCUT2D eigenvalue weighted by Crippen LogP contribution is -2.32. The van der Waals surface area contributed by atoms with Crippen molar-refractivity contribution in [3.63, 3.8) is 0 Å². The van der Waals surface area contributed by atoms with Gasteiger partial charge in [0.15, 0.2) is 0 Å². The van der Waals surface area contributed by atoms with Gasteiger partial charge >= 0.3 is 0 Å². The van der Waals surface area contributed by atoms with Gasteiger partial charge in [0.2, 0.25) is 5.91 Å². The molecule has 0 unspecified atom stereocenters. The van der Waals surface area contributed by atoms with E-state index < -0.39 is 0 Å². The van der Waals surface area contributed by atoms with Crippen molar-refractivity contribution in [2.45, 2.75) is 38.8 Å². The fraction of sp³-hybridized carbons (Fsp3) is 0.240. The zero-order valence-corrected chi connectivity index (χ0v) is 18.0. The second-order valence-corrected chi connectivity index (χ2v) is 8.82. The molecule has 1 amide bonds. The average molecular weight is 430 g/mol. The summed E-state index contributed by atoms with van der Waals surface area (Å²) >= 11 is 1.47. The second kappa shape index (κ2) is 8.47. The van der Waals surface area contributed by atoms with Crippen LogP contribution in [0.25, 0.3) is 21.3 Å². The van der Waals surface area contributed by atoms with E-state index in [1.54, 1.807) is 0 Å². The summed E-state index contributed by atoms with van der Waals surface area (Å²) in [7, 11) is 0. The van der Waals surface area contributed by atoms with Gasteiger partial charge in [0.05, 0.1) is 11.7 Å². The van der Waals surface area contributed by atoms with Gasteiger partial charge in [-0.15, -0.1) is 11.3 Å². The quantitative estimate of drug-likeness (QED) is 0.514. The Morgan fingerprint density at radius 1 is 1.06 bits per heavy atom. The largest absolute Gasteiger partial charge is 0.350 e. The fourth-order valence-electron chi connectivity index (χ4n) is 4.20. The number of aryl methyl sites for hydroxylation is 2. The molecule has 5 rings (SSSR count). The van der Waals surface area contributed by atoms with Crippen molar-refractivity contribution in [2.75, 3.05) is 0 Å². The molecule has 2 aromatic heterocycles. The molecule has 6 heteroatoms. The molecular formula is C25H23N3O2S. The molecular weight excluding hydrogens is 406 g/mol. The summed E-state index contributed by atoms with van der Waals surface area (Å²) in [6.45, 7) is 0.386. The van der Waals surface area contributed by atoms with Crippen LogP contribution in [0, 0.1) is 0 Å². The fourth-order valence-corrected chi connectivity index (χ4v) is 5.11. The van der Waals surface area contributed by atoms with Crippen LogP contribution in [0.1, 0.15) is 29.5 Å². The zero-order valence-electron chi connectivity index (χ0n) is 17.1. The Morgan fingerprint density at radius 3 is 2.71 bits per heavy atom.